The number of rotatable bonds is 5. The molecule has 0 unspecified atom stereocenters. The lowest BCUT2D eigenvalue weighted by Crippen LogP contribution is -2.39. The van der Waals surface area contributed by atoms with Gasteiger partial charge in [-0.25, -0.2) is 9.98 Å². The van der Waals surface area contributed by atoms with Crippen LogP contribution >= 0.6 is 15.9 Å². The first-order chi connectivity index (χ1) is 15.4. The summed E-state index contributed by atoms with van der Waals surface area (Å²) in [5, 5.41) is 2.85. The van der Waals surface area contributed by atoms with Crippen LogP contribution in [-0.2, 0) is 9.59 Å². The molecule has 0 bridgehead atoms. The Morgan fingerprint density at radius 3 is 2.81 bits per heavy atom. The second kappa shape index (κ2) is 9.32. The summed E-state index contributed by atoms with van der Waals surface area (Å²) < 4.78 is 6.07. The summed E-state index contributed by atoms with van der Waals surface area (Å²) in [6.45, 7) is 1.79. The van der Waals surface area contributed by atoms with Gasteiger partial charge < -0.3 is 10.1 Å². The van der Waals surface area contributed by atoms with Crippen molar-refractivity contribution < 1.29 is 14.3 Å². The van der Waals surface area contributed by atoms with E-state index in [1.807, 2.05) is 49.4 Å². The normalized spacial score (nSPS) is 13.2. The zero-order valence-corrected chi connectivity index (χ0v) is 19.2. The number of nitrogens with one attached hydrogen (secondary N) is 1. The number of carbonyl (C=O) groups is 2. The Hall–Kier alpha value is -3.52. The van der Waals surface area contributed by atoms with Crippen molar-refractivity contribution in [3.63, 3.8) is 0 Å². The predicted octanol–water partition coefficient (Wildman–Crippen LogP) is 4.66. The SMILES string of the molecule is COc1cccc(C2=Nc3cccnc3N(CC(=O)Nc3ccc(C)cc3Br)C(=O)C2)c1. The van der Waals surface area contributed by atoms with Crippen molar-refractivity contribution in [1.82, 2.24) is 4.98 Å². The largest absolute Gasteiger partial charge is 0.497 e. The van der Waals surface area contributed by atoms with E-state index in [4.69, 9.17) is 9.73 Å². The number of nitrogens with zero attached hydrogens (tertiary/aromatic N) is 3. The van der Waals surface area contributed by atoms with Crippen LogP contribution in [0.15, 0.2) is 70.3 Å². The summed E-state index contributed by atoms with van der Waals surface area (Å²) in [5.74, 6) is 0.438. The van der Waals surface area contributed by atoms with Crippen LogP contribution in [0.1, 0.15) is 17.5 Å². The highest BCUT2D eigenvalue weighted by atomic mass is 79.9. The van der Waals surface area contributed by atoms with Crippen LogP contribution in [0.4, 0.5) is 17.2 Å². The number of benzene rings is 2. The molecule has 162 valence electrons. The Morgan fingerprint density at radius 1 is 1.19 bits per heavy atom. The Kier molecular flexibility index (Phi) is 6.32. The number of aryl methyl sites for hydroxylation is 1. The van der Waals surface area contributed by atoms with Crippen LogP contribution in [0.25, 0.3) is 0 Å². The molecule has 1 aliphatic rings. The van der Waals surface area contributed by atoms with Crippen LogP contribution in [-0.4, -0.2) is 36.2 Å². The predicted molar refractivity (Wildman–Crippen MR) is 128 cm³/mol. The van der Waals surface area contributed by atoms with E-state index in [1.165, 1.54) is 4.90 Å². The van der Waals surface area contributed by atoms with Crippen molar-refractivity contribution in [2.24, 2.45) is 4.99 Å². The van der Waals surface area contributed by atoms with Gasteiger partial charge in [0.15, 0.2) is 5.82 Å². The lowest BCUT2D eigenvalue weighted by atomic mass is 10.1. The molecule has 7 nitrogen and oxygen atoms in total. The molecule has 8 heteroatoms. The first-order valence-electron chi connectivity index (χ1n) is 9.98. The molecule has 0 saturated heterocycles. The van der Waals surface area contributed by atoms with Gasteiger partial charge in [0.1, 0.15) is 18.0 Å². The summed E-state index contributed by atoms with van der Waals surface area (Å²) in [6.07, 6.45) is 1.62. The van der Waals surface area contributed by atoms with Gasteiger partial charge in [0, 0.05) is 16.2 Å². The number of carbonyl (C=O) groups excluding carboxylic acids is 2. The molecule has 0 radical (unpaired) electrons. The zero-order valence-electron chi connectivity index (χ0n) is 17.6. The van der Waals surface area contributed by atoms with E-state index in [0.717, 1.165) is 15.6 Å². The summed E-state index contributed by atoms with van der Waals surface area (Å²) in [5.41, 5.74) is 3.60. The second-order valence-corrected chi connectivity index (χ2v) is 8.18. The maximum absolute atomic E-state index is 13.2. The van der Waals surface area contributed by atoms with Crippen molar-refractivity contribution >= 4 is 50.6 Å². The molecule has 0 atom stereocenters. The summed E-state index contributed by atoms with van der Waals surface area (Å²) in [7, 11) is 1.59. The van der Waals surface area contributed by atoms with E-state index in [0.29, 0.717) is 28.7 Å². The molecule has 4 rings (SSSR count). The lowest BCUT2D eigenvalue weighted by molar-refractivity contribution is -0.120. The molecular formula is C24H21BrN4O3. The van der Waals surface area contributed by atoms with E-state index < -0.39 is 0 Å². The molecule has 1 N–H and O–H groups in total. The highest BCUT2D eigenvalue weighted by Gasteiger charge is 2.28. The number of methoxy groups -OCH3 is 1. The minimum Gasteiger partial charge on any atom is -0.497 e. The van der Waals surface area contributed by atoms with Gasteiger partial charge in [0.2, 0.25) is 11.8 Å². The van der Waals surface area contributed by atoms with Crippen molar-refractivity contribution in [3.8, 4) is 5.75 Å². The number of anilines is 2. The minimum atomic E-state index is -0.329. The van der Waals surface area contributed by atoms with Gasteiger partial charge in [-0.05, 0) is 64.8 Å². The first kappa shape index (κ1) is 21.7. The van der Waals surface area contributed by atoms with E-state index in [1.54, 1.807) is 25.4 Å². The second-order valence-electron chi connectivity index (χ2n) is 7.32. The Balaban J connectivity index is 1.61. The fourth-order valence-corrected chi connectivity index (χ4v) is 4.00. The molecule has 2 heterocycles. The molecule has 0 saturated carbocycles. The third-order valence-electron chi connectivity index (χ3n) is 5.00. The maximum Gasteiger partial charge on any atom is 0.244 e. The first-order valence-corrected chi connectivity index (χ1v) is 10.8. The summed E-state index contributed by atoms with van der Waals surface area (Å²) in [4.78, 5) is 36.4. The molecule has 0 spiro atoms. The van der Waals surface area contributed by atoms with Crippen molar-refractivity contribution in [1.29, 1.82) is 0 Å². The number of aliphatic imine (C=N–C) groups is 1. The average Bonchev–Trinajstić information content (AvgIpc) is 2.92. The van der Waals surface area contributed by atoms with Gasteiger partial charge in [-0.15, -0.1) is 0 Å². The lowest BCUT2D eigenvalue weighted by Gasteiger charge is -2.21. The Morgan fingerprint density at radius 2 is 2.03 bits per heavy atom. The number of fused-ring (bicyclic) bond motifs is 1. The molecule has 3 aromatic rings. The van der Waals surface area contributed by atoms with Crippen molar-refractivity contribution in [2.45, 2.75) is 13.3 Å². The number of hydrogen-bond acceptors (Lipinski definition) is 5. The van der Waals surface area contributed by atoms with Crippen LogP contribution in [0, 0.1) is 6.92 Å². The number of amides is 2. The smallest absolute Gasteiger partial charge is 0.244 e. The van der Waals surface area contributed by atoms with Gasteiger partial charge >= 0.3 is 0 Å². The molecular weight excluding hydrogens is 472 g/mol. The molecule has 2 aromatic carbocycles. The summed E-state index contributed by atoms with van der Waals surface area (Å²) in [6, 6.07) is 16.6. The molecule has 0 aliphatic carbocycles. The summed E-state index contributed by atoms with van der Waals surface area (Å²) >= 11 is 3.46. The number of hydrogen-bond donors (Lipinski definition) is 1. The molecule has 0 fully saturated rings. The third-order valence-corrected chi connectivity index (χ3v) is 5.66. The number of pyridine rings is 1. The van der Waals surface area contributed by atoms with E-state index in [2.05, 4.69) is 26.2 Å². The number of aromatic nitrogens is 1. The maximum atomic E-state index is 13.2. The highest BCUT2D eigenvalue weighted by molar-refractivity contribution is 9.10. The highest BCUT2D eigenvalue weighted by Crippen LogP contribution is 2.31. The van der Waals surface area contributed by atoms with Crippen LogP contribution in [0.3, 0.4) is 0 Å². The van der Waals surface area contributed by atoms with Crippen molar-refractivity contribution in [2.75, 3.05) is 23.9 Å². The Bertz CT molecular complexity index is 1230. The van der Waals surface area contributed by atoms with Gasteiger partial charge in [0.05, 0.1) is 24.9 Å². The fourth-order valence-electron chi connectivity index (χ4n) is 3.41. The molecule has 1 aromatic heterocycles. The molecule has 2 amide bonds. The standard InChI is InChI=1S/C24H21BrN4O3/c1-15-8-9-19(18(25)11-15)28-22(30)14-29-23(31)13-21(16-5-3-6-17(12-16)32-2)27-20-7-4-10-26-24(20)29/h3-12H,13-14H2,1-2H3,(H,28,30). The van der Waals surface area contributed by atoms with E-state index in [-0.39, 0.29) is 24.8 Å². The van der Waals surface area contributed by atoms with Gasteiger partial charge in [-0.2, -0.15) is 0 Å². The van der Waals surface area contributed by atoms with E-state index >= 15 is 0 Å². The van der Waals surface area contributed by atoms with Crippen LogP contribution in [0.2, 0.25) is 0 Å². The zero-order chi connectivity index (χ0) is 22.7. The molecule has 32 heavy (non-hydrogen) atoms. The van der Waals surface area contributed by atoms with Gasteiger partial charge in [-0.1, -0.05) is 18.2 Å². The minimum absolute atomic E-state index is 0.0328. The van der Waals surface area contributed by atoms with E-state index in [9.17, 15) is 9.59 Å². The Labute approximate surface area is 194 Å². The number of halogens is 1. The molecule has 1 aliphatic heterocycles. The third kappa shape index (κ3) is 4.70. The van der Waals surface area contributed by atoms with Gasteiger partial charge in [-0.3, -0.25) is 14.5 Å². The average molecular weight is 493 g/mol. The van der Waals surface area contributed by atoms with Crippen LogP contribution in [0.5, 0.6) is 5.75 Å². The van der Waals surface area contributed by atoms with Gasteiger partial charge in [0.25, 0.3) is 0 Å². The quantitative estimate of drug-likeness (QED) is 0.561. The number of ether oxygens (including phenoxy) is 1. The topological polar surface area (TPSA) is 83.9 Å². The van der Waals surface area contributed by atoms with Crippen LogP contribution < -0.4 is 15.0 Å². The monoisotopic (exact) mass is 492 g/mol. The van der Waals surface area contributed by atoms with Crippen molar-refractivity contribution in [3.05, 3.63) is 76.4 Å². The fraction of sp³-hybridized carbons (Fsp3) is 0.167.